The van der Waals surface area contributed by atoms with Gasteiger partial charge in [-0.05, 0) is 33.1 Å². The van der Waals surface area contributed by atoms with Gasteiger partial charge in [-0.1, -0.05) is 15.9 Å². The minimum absolute atomic E-state index is 0.0586. The van der Waals surface area contributed by atoms with Crippen molar-refractivity contribution >= 4 is 21.7 Å². The van der Waals surface area contributed by atoms with Crippen LogP contribution in [0.15, 0.2) is 17.2 Å². The van der Waals surface area contributed by atoms with Crippen LogP contribution in [-0.4, -0.2) is 27.5 Å². The highest BCUT2D eigenvalue weighted by Gasteiger charge is 2.26. The van der Waals surface area contributed by atoms with Gasteiger partial charge in [0.25, 0.3) is 5.56 Å². The van der Waals surface area contributed by atoms with Gasteiger partial charge < -0.3 is 9.47 Å². The average molecular weight is 314 g/mol. The van der Waals surface area contributed by atoms with E-state index in [2.05, 4.69) is 39.7 Å². The lowest BCUT2D eigenvalue weighted by Gasteiger charge is -2.27. The molecule has 1 fully saturated rings. The molecule has 18 heavy (non-hydrogen) atoms. The standard InChI is InChI=1S/C13H20BrN3O/c1-10(2)16(8-3-6-14)12-13(18)17(9-7-15-12)11-4-5-11/h7,9-11H,3-6,8H2,1-2H3. The third-order valence-electron chi connectivity index (χ3n) is 3.22. The number of nitrogens with zero attached hydrogens (tertiary/aromatic N) is 3. The van der Waals surface area contributed by atoms with Crippen LogP contribution in [0.25, 0.3) is 0 Å². The summed E-state index contributed by atoms with van der Waals surface area (Å²) in [6, 6.07) is 0.698. The van der Waals surface area contributed by atoms with Gasteiger partial charge in [0.1, 0.15) is 0 Å². The van der Waals surface area contributed by atoms with Crippen molar-refractivity contribution < 1.29 is 0 Å². The summed E-state index contributed by atoms with van der Waals surface area (Å²) in [5.41, 5.74) is 0.0586. The molecule has 0 unspecified atom stereocenters. The van der Waals surface area contributed by atoms with Crippen molar-refractivity contribution in [1.82, 2.24) is 9.55 Å². The molecule has 5 heteroatoms. The van der Waals surface area contributed by atoms with Crippen molar-refractivity contribution in [2.45, 2.75) is 45.2 Å². The number of aromatic nitrogens is 2. The van der Waals surface area contributed by atoms with E-state index in [0.29, 0.717) is 17.9 Å². The maximum Gasteiger partial charge on any atom is 0.293 e. The van der Waals surface area contributed by atoms with Gasteiger partial charge in [0, 0.05) is 36.4 Å². The largest absolute Gasteiger partial charge is 0.350 e. The van der Waals surface area contributed by atoms with Gasteiger partial charge >= 0.3 is 0 Å². The number of alkyl halides is 1. The summed E-state index contributed by atoms with van der Waals surface area (Å²) in [5, 5.41) is 0.944. The Balaban J connectivity index is 2.29. The lowest BCUT2D eigenvalue weighted by molar-refractivity contribution is 0.636. The molecule has 0 radical (unpaired) electrons. The highest BCUT2D eigenvalue weighted by Crippen LogP contribution is 2.33. The quantitative estimate of drug-likeness (QED) is 0.758. The highest BCUT2D eigenvalue weighted by molar-refractivity contribution is 9.09. The number of hydrogen-bond donors (Lipinski definition) is 0. The minimum atomic E-state index is 0.0586. The predicted octanol–water partition coefficient (Wildman–Crippen LogP) is 2.58. The molecule has 0 bridgehead atoms. The molecule has 100 valence electrons. The summed E-state index contributed by atoms with van der Waals surface area (Å²) >= 11 is 3.44. The molecule has 0 aliphatic heterocycles. The van der Waals surface area contributed by atoms with Crippen LogP contribution in [0.1, 0.15) is 39.2 Å². The second kappa shape index (κ2) is 5.87. The lowest BCUT2D eigenvalue weighted by atomic mass is 10.3. The number of halogens is 1. The Morgan fingerprint density at radius 3 is 2.83 bits per heavy atom. The third kappa shape index (κ3) is 2.94. The molecular weight excluding hydrogens is 294 g/mol. The van der Waals surface area contributed by atoms with Gasteiger partial charge in [-0.25, -0.2) is 4.98 Å². The van der Waals surface area contributed by atoms with Crippen LogP contribution >= 0.6 is 15.9 Å². The average Bonchev–Trinajstić information content (AvgIpc) is 3.15. The molecule has 0 N–H and O–H groups in total. The predicted molar refractivity (Wildman–Crippen MR) is 77.7 cm³/mol. The Bertz CT molecular complexity index is 454. The van der Waals surface area contributed by atoms with Crippen LogP contribution in [0.4, 0.5) is 5.82 Å². The molecule has 4 nitrogen and oxygen atoms in total. The topological polar surface area (TPSA) is 38.1 Å². The zero-order chi connectivity index (χ0) is 13.1. The van der Waals surface area contributed by atoms with E-state index in [9.17, 15) is 4.79 Å². The van der Waals surface area contributed by atoms with Crippen molar-refractivity contribution in [2.24, 2.45) is 0 Å². The van der Waals surface area contributed by atoms with Gasteiger partial charge in [-0.2, -0.15) is 0 Å². The van der Waals surface area contributed by atoms with Gasteiger partial charge in [-0.3, -0.25) is 4.79 Å². The first-order valence-electron chi connectivity index (χ1n) is 6.55. The zero-order valence-corrected chi connectivity index (χ0v) is 12.6. The van der Waals surface area contributed by atoms with Gasteiger partial charge in [0.15, 0.2) is 5.82 Å². The van der Waals surface area contributed by atoms with Gasteiger partial charge in [-0.15, -0.1) is 0 Å². The minimum Gasteiger partial charge on any atom is -0.350 e. The van der Waals surface area contributed by atoms with E-state index in [0.717, 1.165) is 31.1 Å². The summed E-state index contributed by atoms with van der Waals surface area (Å²) in [7, 11) is 0. The highest BCUT2D eigenvalue weighted by atomic mass is 79.9. The molecule has 1 aliphatic rings. The fraction of sp³-hybridized carbons (Fsp3) is 0.692. The first kappa shape index (κ1) is 13.6. The molecule has 1 aliphatic carbocycles. The summed E-state index contributed by atoms with van der Waals surface area (Å²) < 4.78 is 1.84. The molecule has 0 atom stereocenters. The summed E-state index contributed by atoms with van der Waals surface area (Å²) in [6.45, 7) is 5.06. The molecule has 1 heterocycles. The molecule has 1 aromatic rings. The van der Waals surface area contributed by atoms with E-state index in [1.807, 2.05) is 10.8 Å². The van der Waals surface area contributed by atoms with Crippen LogP contribution < -0.4 is 10.5 Å². The molecular formula is C13H20BrN3O. The van der Waals surface area contributed by atoms with E-state index in [1.54, 1.807) is 6.20 Å². The molecule has 0 amide bonds. The maximum absolute atomic E-state index is 12.4. The van der Waals surface area contributed by atoms with E-state index in [1.165, 1.54) is 0 Å². The zero-order valence-electron chi connectivity index (χ0n) is 11.0. The molecule has 2 rings (SSSR count). The molecule has 1 aromatic heterocycles. The van der Waals surface area contributed by atoms with Crippen LogP contribution in [-0.2, 0) is 0 Å². The van der Waals surface area contributed by atoms with Crippen LogP contribution in [0.3, 0.4) is 0 Å². The molecule has 0 spiro atoms. The number of hydrogen-bond acceptors (Lipinski definition) is 3. The SMILES string of the molecule is CC(C)N(CCCBr)c1nccn(C2CC2)c1=O. The fourth-order valence-electron chi connectivity index (χ4n) is 2.09. The Labute approximate surface area is 116 Å². The Hall–Kier alpha value is -0.840. The normalized spacial score (nSPS) is 15.1. The monoisotopic (exact) mass is 313 g/mol. The first-order chi connectivity index (χ1) is 8.65. The maximum atomic E-state index is 12.4. The van der Waals surface area contributed by atoms with E-state index >= 15 is 0 Å². The Kier molecular flexibility index (Phi) is 4.43. The van der Waals surface area contributed by atoms with Crippen molar-refractivity contribution in [3.63, 3.8) is 0 Å². The second-order valence-electron chi connectivity index (χ2n) is 5.02. The van der Waals surface area contributed by atoms with E-state index in [4.69, 9.17) is 0 Å². The smallest absolute Gasteiger partial charge is 0.293 e. The lowest BCUT2D eigenvalue weighted by Crippen LogP contribution is -2.38. The number of rotatable bonds is 6. The fourth-order valence-corrected chi connectivity index (χ4v) is 2.34. The van der Waals surface area contributed by atoms with Crippen LogP contribution in [0.2, 0.25) is 0 Å². The summed E-state index contributed by atoms with van der Waals surface area (Å²) in [6.07, 6.45) is 6.81. The molecule has 1 saturated carbocycles. The first-order valence-corrected chi connectivity index (χ1v) is 7.67. The van der Waals surface area contributed by atoms with Crippen molar-refractivity contribution in [2.75, 3.05) is 16.8 Å². The summed E-state index contributed by atoms with van der Waals surface area (Å²) in [4.78, 5) is 18.8. The van der Waals surface area contributed by atoms with Gasteiger partial charge in [0.2, 0.25) is 0 Å². The summed E-state index contributed by atoms with van der Waals surface area (Å²) in [5.74, 6) is 0.598. The van der Waals surface area contributed by atoms with E-state index in [-0.39, 0.29) is 5.56 Å². The molecule has 0 saturated heterocycles. The third-order valence-corrected chi connectivity index (χ3v) is 3.78. The Morgan fingerprint density at radius 1 is 1.56 bits per heavy atom. The number of anilines is 1. The molecule has 0 aromatic carbocycles. The van der Waals surface area contributed by atoms with E-state index < -0.39 is 0 Å². The van der Waals surface area contributed by atoms with Crippen molar-refractivity contribution in [1.29, 1.82) is 0 Å². The van der Waals surface area contributed by atoms with Crippen molar-refractivity contribution in [3.05, 3.63) is 22.7 Å². The van der Waals surface area contributed by atoms with Gasteiger partial charge in [0.05, 0.1) is 0 Å². The Morgan fingerprint density at radius 2 is 2.28 bits per heavy atom. The second-order valence-corrected chi connectivity index (χ2v) is 5.82. The van der Waals surface area contributed by atoms with Crippen molar-refractivity contribution in [3.8, 4) is 0 Å². The van der Waals surface area contributed by atoms with Crippen LogP contribution in [0.5, 0.6) is 0 Å². The van der Waals surface area contributed by atoms with Crippen LogP contribution in [0, 0.1) is 0 Å².